The Hall–Kier alpha value is -2.24. The highest BCUT2D eigenvalue weighted by Gasteiger charge is 2.46. The molecule has 2 aromatic rings. The van der Waals surface area contributed by atoms with Crippen molar-refractivity contribution in [1.82, 2.24) is 20.4 Å². The smallest absolute Gasteiger partial charge is 0.243 e. The summed E-state index contributed by atoms with van der Waals surface area (Å²) >= 11 is 0. The molecule has 0 aromatic carbocycles. The average Bonchev–Trinajstić information content (AvgIpc) is 2.94. The summed E-state index contributed by atoms with van der Waals surface area (Å²) in [6, 6.07) is 0. The Kier molecular flexibility index (Phi) is 2.39. The van der Waals surface area contributed by atoms with E-state index in [0.29, 0.717) is 35.4 Å². The summed E-state index contributed by atoms with van der Waals surface area (Å²) in [4.78, 5) is 0. The minimum Gasteiger partial charge on any atom is -0.421 e. The van der Waals surface area contributed by atoms with E-state index in [0.717, 1.165) is 24.0 Å². The molecule has 0 saturated heterocycles. The lowest BCUT2D eigenvalue weighted by Gasteiger charge is -2.00. The first-order chi connectivity index (χ1) is 9.72. The van der Waals surface area contributed by atoms with E-state index in [1.165, 1.54) is 0 Å². The van der Waals surface area contributed by atoms with Gasteiger partial charge in [0.05, 0.1) is 0 Å². The van der Waals surface area contributed by atoms with E-state index in [1.807, 2.05) is 13.8 Å². The van der Waals surface area contributed by atoms with E-state index < -0.39 is 0 Å². The van der Waals surface area contributed by atoms with Gasteiger partial charge in [0.15, 0.2) is 0 Å². The van der Waals surface area contributed by atoms with Gasteiger partial charge in [-0.15, -0.1) is 20.4 Å². The molecule has 2 atom stereocenters. The predicted octanol–water partition coefficient (Wildman–Crippen LogP) is 2.58. The van der Waals surface area contributed by atoms with Crippen molar-refractivity contribution in [3.05, 3.63) is 35.7 Å². The van der Waals surface area contributed by atoms with Crippen LogP contribution in [0.25, 0.3) is 11.1 Å². The van der Waals surface area contributed by atoms with Gasteiger partial charge >= 0.3 is 0 Å². The van der Waals surface area contributed by atoms with Gasteiger partial charge in [0, 0.05) is 25.0 Å². The fourth-order valence-electron chi connectivity index (χ4n) is 2.82. The van der Waals surface area contributed by atoms with Gasteiger partial charge < -0.3 is 8.83 Å². The van der Waals surface area contributed by atoms with Crippen LogP contribution in [0.5, 0.6) is 0 Å². The molecule has 2 aliphatic carbocycles. The third kappa shape index (κ3) is 1.79. The standard InChI is InChI=1S/C14H14N4O2/c1-7-15-17-13(19-7)9-4-3-5-10(12-6-11(9)12)14-18-16-8(2)20-14/h4-5,11-12H,3,6H2,1-2H3/t11-,12+. The zero-order valence-electron chi connectivity index (χ0n) is 11.3. The first kappa shape index (κ1) is 11.6. The molecule has 1 fully saturated rings. The Balaban J connectivity index is 1.63. The minimum absolute atomic E-state index is 0.427. The van der Waals surface area contributed by atoms with E-state index in [-0.39, 0.29) is 0 Å². The molecule has 0 spiro atoms. The zero-order chi connectivity index (χ0) is 13.7. The SMILES string of the molecule is Cc1nnc(C2=CCC=C(c3nnc(C)o3)[C@@H]3C[C@H]23)o1. The summed E-state index contributed by atoms with van der Waals surface area (Å²) in [6.07, 6.45) is 6.21. The van der Waals surface area contributed by atoms with E-state index >= 15 is 0 Å². The summed E-state index contributed by atoms with van der Waals surface area (Å²) in [5, 5.41) is 16.1. The van der Waals surface area contributed by atoms with Crippen LogP contribution >= 0.6 is 0 Å². The maximum absolute atomic E-state index is 5.56. The van der Waals surface area contributed by atoms with Gasteiger partial charge in [-0.3, -0.25) is 0 Å². The molecule has 0 radical (unpaired) electrons. The van der Waals surface area contributed by atoms with Crippen molar-refractivity contribution in [2.24, 2.45) is 11.8 Å². The minimum atomic E-state index is 0.427. The van der Waals surface area contributed by atoms with Crippen molar-refractivity contribution >= 4 is 11.1 Å². The summed E-state index contributed by atoms with van der Waals surface area (Å²) in [5.74, 6) is 3.34. The lowest BCUT2D eigenvalue weighted by molar-refractivity contribution is 0.499. The third-order valence-electron chi connectivity index (χ3n) is 3.81. The Morgan fingerprint density at radius 1 is 0.850 bits per heavy atom. The lowest BCUT2D eigenvalue weighted by Crippen LogP contribution is -1.92. The number of rotatable bonds is 2. The van der Waals surface area contributed by atoms with Gasteiger partial charge in [0.25, 0.3) is 0 Å². The largest absolute Gasteiger partial charge is 0.421 e. The van der Waals surface area contributed by atoms with Crippen molar-refractivity contribution in [1.29, 1.82) is 0 Å². The molecule has 2 aromatic heterocycles. The van der Waals surface area contributed by atoms with Crippen LogP contribution in [0.2, 0.25) is 0 Å². The van der Waals surface area contributed by atoms with Crippen LogP contribution in [0, 0.1) is 25.7 Å². The quantitative estimate of drug-likeness (QED) is 0.834. The van der Waals surface area contributed by atoms with Crippen molar-refractivity contribution in [2.45, 2.75) is 26.7 Å². The van der Waals surface area contributed by atoms with Crippen LogP contribution in [0.3, 0.4) is 0 Å². The van der Waals surface area contributed by atoms with Gasteiger partial charge in [-0.25, -0.2) is 0 Å². The summed E-state index contributed by atoms with van der Waals surface area (Å²) < 4.78 is 11.1. The average molecular weight is 270 g/mol. The highest BCUT2D eigenvalue weighted by Crippen LogP contribution is 2.55. The van der Waals surface area contributed by atoms with Crippen molar-refractivity contribution < 1.29 is 8.83 Å². The molecule has 0 N–H and O–H groups in total. The monoisotopic (exact) mass is 270 g/mol. The molecule has 2 heterocycles. The molecule has 20 heavy (non-hydrogen) atoms. The van der Waals surface area contributed by atoms with Crippen LogP contribution in [0.15, 0.2) is 21.0 Å². The Morgan fingerprint density at radius 3 is 1.75 bits per heavy atom. The molecule has 6 nitrogen and oxygen atoms in total. The van der Waals surface area contributed by atoms with Crippen LogP contribution in [0.1, 0.15) is 36.4 Å². The molecule has 0 aliphatic heterocycles. The molecule has 0 unspecified atom stereocenters. The maximum atomic E-state index is 5.56. The van der Waals surface area contributed by atoms with E-state index in [1.54, 1.807) is 0 Å². The van der Waals surface area contributed by atoms with Gasteiger partial charge in [-0.05, 0) is 24.7 Å². The normalized spacial score (nSPS) is 24.7. The molecule has 102 valence electrons. The molecule has 0 amide bonds. The molecule has 2 aliphatic rings. The maximum Gasteiger partial charge on any atom is 0.243 e. The summed E-state index contributed by atoms with van der Waals surface area (Å²) in [5.41, 5.74) is 2.30. The summed E-state index contributed by atoms with van der Waals surface area (Å²) in [7, 11) is 0. The van der Waals surface area contributed by atoms with Gasteiger partial charge in [-0.2, -0.15) is 0 Å². The Labute approximate surface area is 115 Å². The molecular formula is C14H14N4O2. The lowest BCUT2D eigenvalue weighted by atomic mass is 10.1. The number of aromatic nitrogens is 4. The highest BCUT2D eigenvalue weighted by atomic mass is 16.4. The van der Waals surface area contributed by atoms with Gasteiger partial charge in [0.2, 0.25) is 23.6 Å². The van der Waals surface area contributed by atoms with Gasteiger partial charge in [0.1, 0.15) is 0 Å². The fourth-order valence-corrected chi connectivity index (χ4v) is 2.82. The number of fused-ring (bicyclic) bond motifs is 1. The molecule has 6 heteroatoms. The topological polar surface area (TPSA) is 77.8 Å². The summed E-state index contributed by atoms with van der Waals surface area (Å²) in [6.45, 7) is 3.62. The van der Waals surface area contributed by atoms with Gasteiger partial charge in [-0.1, -0.05) is 12.2 Å². The van der Waals surface area contributed by atoms with Crippen molar-refractivity contribution in [3.63, 3.8) is 0 Å². The number of hydrogen-bond acceptors (Lipinski definition) is 6. The second-order valence-electron chi connectivity index (χ2n) is 5.26. The Bertz CT molecular complexity index is 665. The second kappa shape index (κ2) is 4.13. The number of allylic oxidation sites excluding steroid dienone is 4. The second-order valence-corrected chi connectivity index (χ2v) is 5.26. The van der Waals surface area contributed by atoms with E-state index in [9.17, 15) is 0 Å². The molecule has 1 saturated carbocycles. The first-order valence-electron chi connectivity index (χ1n) is 6.73. The number of hydrogen-bond donors (Lipinski definition) is 0. The Morgan fingerprint density at radius 2 is 1.35 bits per heavy atom. The van der Waals surface area contributed by atoms with Crippen molar-refractivity contribution in [2.75, 3.05) is 0 Å². The highest BCUT2D eigenvalue weighted by molar-refractivity contribution is 5.75. The third-order valence-corrected chi connectivity index (χ3v) is 3.81. The van der Waals surface area contributed by atoms with Crippen LogP contribution in [-0.2, 0) is 0 Å². The van der Waals surface area contributed by atoms with Crippen LogP contribution < -0.4 is 0 Å². The van der Waals surface area contributed by atoms with Crippen molar-refractivity contribution in [3.8, 4) is 0 Å². The first-order valence-corrected chi connectivity index (χ1v) is 6.73. The molecular weight excluding hydrogens is 256 g/mol. The van der Waals surface area contributed by atoms with Crippen LogP contribution in [-0.4, -0.2) is 20.4 Å². The predicted molar refractivity (Wildman–Crippen MR) is 70.2 cm³/mol. The van der Waals surface area contributed by atoms with Crippen LogP contribution in [0.4, 0.5) is 0 Å². The molecule has 0 bridgehead atoms. The number of nitrogens with zero attached hydrogens (tertiary/aromatic N) is 4. The number of aryl methyl sites for hydroxylation is 2. The zero-order valence-corrected chi connectivity index (χ0v) is 11.3. The fraction of sp³-hybridized carbons (Fsp3) is 0.429. The van der Waals surface area contributed by atoms with E-state index in [2.05, 4.69) is 32.5 Å². The molecule has 4 rings (SSSR count). The van der Waals surface area contributed by atoms with E-state index in [4.69, 9.17) is 8.83 Å².